The number of halogens is 1. The van der Waals surface area contributed by atoms with Gasteiger partial charge in [0.05, 0.1) is 5.69 Å². The van der Waals surface area contributed by atoms with Crippen LogP contribution < -0.4 is 16.4 Å². The second-order valence-corrected chi connectivity index (χ2v) is 5.33. The molecule has 1 aromatic rings. The van der Waals surface area contributed by atoms with E-state index in [0.717, 1.165) is 5.56 Å². The molecule has 0 fully saturated rings. The highest BCUT2D eigenvalue weighted by Gasteiger charge is 2.20. The quantitative estimate of drug-likeness (QED) is 0.617. The predicted octanol–water partition coefficient (Wildman–Crippen LogP) is 1.60. The summed E-state index contributed by atoms with van der Waals surface area (Å²) < 4.78 is 0.682. The molecule has 0 aliphatic heterocycles. The van der Waals surface area contributed by atoms with Gasteiger partial charge in [-0.05, 0) is 47.0 Å². The maximum Gasteiger partial charge on any atom is 0.326 e. The van der Waals surface area contributed by atoms with Crippen LogP contribution in [0.2, 0.25) is 0 Å². The minimum absolute atomic E-state index is 0.0623. The van der Waals surface area contributed by atoms with Crippen LogP contribution in [0, 0.1) is 6.92 Å². The number of nitrogens with one attached hydrogen (secondary N) is 2. The van der Waals surface area contributed by atoms with Crippen molar-refractivity contribution in [3.05, 3.63) is 28.2 Å². The number of primary amides is 1. The van der Waals surface area contributed by atoms with Crippen molar-refractivity contribution in [3.63, 3.8) is 0 Å². The van der Waals surface area contributed by atoms with Gasteiger partial charge in [-0.1, -0.05) is 6.07 Å². The number of aryl methyl sites for hydroxylation is 1. The van der Waals surface area contributed by atoms with Gasteiger partial charge in [0.15, 0.2) is 0 Å². The number of anilines is 1. The number of amides is 3. The molecule has 1 aromatic carbocycles. The van der Waals surface area contributed by atoms with E-state index in [1.807, 2.05) is 19.1 Å². The number of nitrogens with two attached hydrogens (primary N) is 1. The zero-order chi connectivity index (χ0) is 16.0. The molecular formula is C13H16BrN3O4. The Hall–Kier alpha value is -2.09. The number of benzene rings is 1. The number of aliphatic carboxylic acids is 1. The van der Waals surface area contributed by atoms with Crippen molar-refractivity contribution in [3.8, 4) is 0 Å². The minimum atomic E-state index is -1.23. The first-order valence-corrected chi connectivity index (χ1v) is 6.93. The zero-order valence-corrected chi connectivity index (χ0v) is 12.9. The number of carbonyl (C=O) groups excluding carboxylic acids is 2. The number of hydrogen-bond acceptors (Lipinski definition) is 3. The maximum absolute atomic E-state index is 11.8. The molecule has 1 unspecified atom stereocenters. The monoisotopic (exact) mass is 357 g/mol. The van der Waals surface area contributed by atoms with Crippen LogP contribution in [0.15, 0.2) is 22.7 Å². The largest absolute Gasteiger partial charge is 0.480 e. The number of carbonyl (C=O) groups is 3. The molecular weight excluding hydrogens is 342 g/mol. The molecule has 0 spiro atoms. The third kappa shape index (κ3) is 5.82. The Balaban J connectivity index is 2.65. The Kier molecular flexibility index (Phi) is 6.16. The Morgan fingerprint density at radius 2 is 2.05 bits per heavy atom. The summed E-state index contributed by atoms with van der Waals surface area (Å²) in [5, 5.41) is 13.8. The smallest absolute Gasteiger partial charge is 0.326 e. The predicted molar refractivity (Wildman–Crippen MR) is 80.9 cm³/mol. The Morgan fingerprint density at radius 3 is 2.57 bits per heavy atom. The van der Waals surface area contributed by atoms with Crippen molar-refractivity contribution < 1.29 is 19.5 Å². The summed E-state index contributed by atoms with van der Waals surface area (Å²) in [6, 6.07) is 3.47. The number of hydrogen-bond donors (Lipinski definition) is 4. The fourth-order valence-electron chi connectivity index (χ4n) is 1.58. The van der Waals surface area contributed by atoms with Crippen LogP contribution in [0.5, 0.6) is 0 Å². The van der Waals surface area contributed by atoms with Gasteiger partial charge in [-0.25, -0.2) is 9.59 Å². The van der Waals surface area contributed by atoms with E-state index in [-0.39, 0.29) is 12.8 Å². The molecule has 21 heavy (non-hydrogen) atoms. The van der Waals surface area contributed by atoms with Crippen molar-refractivity contribution in [1.82, 2.24) is 5.32 Å². The van der Waals surface area contributed by atoms with Gasteiger partial charge in [-0.15, -0.1) is 0 Å². The number of carboxylic acid groups (broad SMARTS) is 1. The Labute approximate surface area is 130 Å². The van der Waals surface area contributed by atoms with E-state index in [1.54, 1.807) is 6.07 Å². The lowest BCUT2D eigenvalue weighted by molar-refractivity contribution is -0.139. The molecule has 0 saturated carbocycles. The summed E-state index contributed by atoms with van der Waals surface area (Å²) >= 11 is 3.30. The van der Waals surface area contributed by atoms with E-state index in [9.17, 15) is 14.4 Å². The summed E-state index contributed by atoms with van der Waals surface area (Å²) in [6.07, 6.45) is -0.182. The summed E-state index contributed by atoms with van der Waals surface area (Å²) in [7, 11) is 0. The summed E-state index contributed by atoms with van der Waals surface area (Å²) in [5.41, 5.74) is 6.49. The third-order valence-electron chi connectivity index (χ3n) is 2.66. The number of rotatable bonds is 6. The topological polar surface area (TPSA) is 122 Å². The molecule has 5 N–H and O–H groups in total. The van der Waals surface area contributed by atoms with E-state index < -0.39 is 23.9 Å². The third-order valence-corrected chi connectivity index (χ3v) is 3.31. The lowest BCUT2D eigenvalue weighted by atomic mass is 10.1. The molecule has 7 nitrogen and oxygen atoms in total. The fraction of sp³-hybridized carbons (Fsp3) is 0.308. The van der Waals surface area contributed by atoms with Gasteiger partial charge >= 0.3 is 12.0 Å². The maximum atomic E-state index is 11.8. The molecule has 1 rings (SSSR count). The van der Waals surface area contributed by atoms with Crippen molar-refractivity contribution in [1.29, 1.82) is 0 Å². The molecule has 0 aromatic heterocycles. The van der Waals surface area contributed by atoms with Gasteiger partial charge in [-0.2, -0.15) is 0 Å². The van der Waals surface area contributed by atoms with E-state index in [2.05, 4.69) is 26.6 Å². The Morgan fingerprint density at radius 1 is 1.38 bits per heavy atom. The standard InChI is InChI=1S/C13H16BrN3O4/c1-7-2-3-9(8(14)6-7)16-13(21)17-10(12(19)20)4-5-11(15)18/h2-3,6,10H,4-5H2,1H3,(H2,15,18)(H,19,20)(H2,16,17,21). The van der Waals surface area contributed by atoms with Crippen molar-refractivity contribution >= 4 is 39.5 Å². The van der Waals surface area contributed by atoms with Crippen LogP contribution in [-0.2, 0) is 9.59 Å². The van der Waals surface area contributed by atoms with Crippen molar-refractivity contribution in [2.45, 2.75) is 25.8 Å². The lowest BCUT2D eigenvalue weighted by Gasteiger charge is -2.15. The first-order chi connectivity index (χ1) is 9.79. The summed E-state index contributed by atoms with van der Waals surface area (Å²) in [6.45, 7) is 1.90. The molecule has 3 amide bonds. The summed E-state index contributed by atoms with van der Waals surface area (Å²) in [4.78, 5) is 33.5. The highest BCUT2D eigenvalue weighted by Crippen LogP contribution is 2.23. The van der Waals surface area contributed by atoms with Gasteiger partial charge in [0, 0.05) is 10.9 Å². The van der Waals surface area contributed by atoms with Crippen molar-refractivity contribution in [2.75, 3.05) is 5.32 Å². The van der Waals surface area contributed by atoms with Crippen LogP contribution in [-0.4, -0.2) is 29.1 Å². The molecule has 0 bridgehead atoms. The second-order valence-electron chi connectivity index (χ2n) is 4.48. The fourth-order valence-corrected chi connectivity index (χ4v) is 2.17. The van der Waals surface area contributed by atoms with Crippen LogP contribution in [0.25, 0.3) is 0 Å². The van der Waals surface area contributed by atoms with Gasteiger partial charge < -0.3 is 21.5 Å². The highest BCUT2D eigenvalue weighted by molar-refractivity contribution is 9.10. The second kappa shape index (κ2) is 7.63. The first kappa shape index (κ1) is 17.0. The molecule has 0 aliphatic carbocycles. The molecule has 0 heterocycles. The number of urea groups is 1. The van der Waals surface area contributed by atoms with Crippen molar-refractivity contribution in [2.24, 2.45) is 5.73 Å². The average molecular weight is 358 g/mol. The molecule has 8 heteroatoms. The van der Waals surface area contributed by atoms with E-state index in [0.29, 0.717) is 10.2 Å². The Bertz CT molecular complexity index is 562. The van der Waals surface area contributed by atoms with Gasteiger partial charge in [0.25, 0.3) is 0 Å². The van der Waals surface area contributed by atoms with Gasteiger partial charge in [-0.3, -0.25) is 4.79 Å². The molecule has 0 radical (unpaired) electrons. The van der Waals surface area contributed by atoms with Crippen LogP contribution in [0.1, 0.15) is 18.4 Å². The van der Waals surface area contributed by atoms with Crippen LogP contribution in [0.3, 0.4) is 0 Å². The molecule has 0 saturated heterocycles. The van der Waals surface area contributed by atoms with E-state index in [4.69, 9.17) is 10.8 Å². The number of carboxylic acids is 1. The highest BCUT2D eigenvalue weighted by atomic mass is 79.9. The normalized spacial score (nSPS) is 11.5. The molecule has 0 aliphatic rings. The van der Waals surface area contributed by atoms with E-state index >= 15 is 0 Å². The summed E-state index contributed by atoms with van der Waals surface area (Å²) in [5.74, 6) is -1.85. The first-order valence-electron chi connectivity index (χ1n) is 6.14. The van der Waals surface area contributed by atoms with Crippen LogP contribution >= 0.6 is 15.9 Å². The van der Waals surface area contributed by atoms with Crippen LogP contribution in [0.4, 0.5) is 10.5 Å². The SMILES string of the molecule is Cc1ccc(NC(=O)NC(CCC(N)=O)C(=O)O)c(Br)c1. The minimum Gasteiger partial charge on any atom is -0.480 e. The molecule has 114 valence electrons. The zero-order valence-electron chi connectivity index (χ0n) is 11.4. The lowest BCUT2D eigenvalue weighted by Crippen LogP contribution is -2.43. The van der Waals surface area contributed by atoms with Gasteiger partial charge in [0.2, 0.25) is 5.91 Å². The van der Waals surface area contributed by atoms with E-state index in [1.165, 1.54) is 0 Å². The average Bonchev–Trinajstić information content (AvgIpc) is 2.37. The molecule has 1 atom stereocenters. The van der Waals surface area contributed by atoms with Gasteiger partial charge in [0.1, 0.15) is 6.04 Å².